The summed E-state index contributed by atoms with van der Waals surface area (Å²) in [7, 11) is -13.1. The first-order valence-electron chi connectivity index (χ1n) is 11.6. The van der Waals surface area contributed by atoms with Crippen LogP contribution in [0.15, 0.2) is 0 Å². The van der Waals surface area contributed by atoms with E-state index in [1.165, 1.54) is 0 Å². The molecule has 0 fully saturated rings. The second kappa shape index (κ2) is 16.3. The molecule has 16 nitrogen and oxygen atoms in total. The maximum Gasteiger partial charge on any atom is 0.343 e. The summed E-state index contributed by atoms with van der Waals surface area (Å²) in [5.74, 6) is 5.17. The standard InChI is InChI=1S/C22H30N2O14S3/c23-8-1-6-16-19(36-10-3-13-39(27,28)29)17(7-2-9-24)21(38-12-5-15-41(33,34)35)18(22(25)26)20(16)37-11-4-14-40(30,31)32/h3-5,8-15,23-24H2,(H,25,26)(H,27,28,29)(H,30,31,32)(H,33,34,35). The third kappa shape index (κ3) is 13.9. The molecule has 1 rings (SSSR count). The molecule has 0 aliphatic carbocycles. The van der Waals surface area contributed by atoms with Crippen molar-refractivity contribution >= 4 is 36.3 Å². The molecule has 0 aliphatic rings. The van der Waals surface area contributed by atoms with Crippen LogP contribution in [-0.4, -0.2) is 100 Å². The van der Waals surface area contributed by atoms with E-state index in [4.69, 9.17) is 39.3 Å². The molecule has 1 aromatic rings. The van der Waals surface area contributed by atoms with Gasteiger partial charge in [0.1, 0.15) is 16.7 Å². The Morgan fingerprint density at radius 1 is 0.634 bits per heavy atom. The Morgan fingerprint density at radius 2 is 0.951 bits per heavy atom. The number of aromatic carboxylic acids is 1. The number of benzene rings is 1. The summed E-state index contributed by atoms with van der Waals surface area (Å²) in [6, 6.07) is 0. The lowest BCUT2D eigenvalue weighted by Crippen LogP contribution is -2.16. The van der Waals surface area contributed by atoms with E-state index in [0.717, 1.165) is 0 Å². The van der Waals surface area contributed by atoms with Gasteiger partial charge in [-0.1, -0.05) is 23.7 Å². The molecule has 0 aromatic heterocycles. The number of carboxylic acids is 1. The van der Waals surface area contributed by atoms with Crippen molar-refractivity contribution in [2.24, 2.45) is 11.5 Å². The zero-order valence-corrected chi connectivity index (χ0v) is 24.0. The van der Waals surface area contributed by atoms with Crippen LogP contribution in [0.2, 0.25) is 0 Å². The van der Waals surface area contributed by atoms with Crippen LogP contribution < -0.4 is 25.7 Å². The summed E-state index contributed by atoms with van der Waals surface area (Å²) in [6.07, 6.45) is -0.806. The van der Waals surface area contributed by atoms with Crippen LogP contribution in [0.25, 0.3) is 0 Å². The predicted molar refractivity (Wildman–Crippen MR) is 145 cm³/mol. The number of rotatable bonds is 16. The van der Waals surface area contributed by atoms with Crippen LogP contribution in [-0.2, 0) is 30.4 Å². The van der Waals surface area contributed by atoms with Crippen LogP contribution in [0.3, 0.4) is 0 Å². The predicted octanol–water partition coefficient (Wildman–Crippen LogP) is -1.02. The normalized spacial score (nSPS) is 11.5. The van der Waals surface area contributed by atoms with E-state index in [1.54, 1.807) is 0 Å². The zero-order chi connectivity index (χ0) is 31.3. The molecule has 0 radical (unpaired) electrons. The van der Waals surface area contributed by atoms with Crippen molar-refractivity contribution in [3.63, 3.8) is 0 Å². The highest BCUT2D eigenvalue weighted by Gasteiger charge is 2.31. The average Bonchev–Trinajstić information content (AvgIpc) is 2.83. The van der Waals surface area contributed by atoms with E-state index in [2.05, 4.69) is 23.7 Å². The molecule has 0 saturated heterocycles. The summed E-state index contributed by atoms with van der Waals surface area (Å²) in [4.78, 5) is 12.4. The molecule has 1 aromatic carbocycles. The topological polar surface area (TPSA) is 280 Å². The van der Waals surface area contributed by atoms with E-state index in [-0.39, 0.29) is 55.8 Å². The SMILES string of the molecule is NCC#Cc1c(OCCCS(=O)(=O)O)c(C#CCN)c(OCCCS(=O)(=O)O)c(C(=O)O)c1OCCCS(=O)(=O)O. The number of carboxylic acid groups (broad SMARTS) is 1. The van der Waals surface area contributed by atoms with Gasteiger partial charge in [-0.2, -0.15) is 25.3 Å². The first-order valence-corrected chi connectivity index (χ1v) is 16.4. The number of hydrogen-bond acceptors (Lipinski definition) is 12. The number of carbonyl (C=O) groups is 1. The van der Waals surface area contributed by atoms with Crippen molar-refractivity contribution in [2.75, 3.05) is 50.2 Å². The largest absolute Gasteiger partial charge is 0.491 e. The molecule has 0 heterocycles. The van der Waals surface area contributed by atoms with Gasteiger partial charge in [0.15, 0.2) is 17.2 Å². The van der Waals surface area contributed by atoms with E-state index in [9.17, 15) is 35.2 Å². The summed E-state index contributed by atoms with van der Waals surface area (Å²) in [5.41, 5.74) is 9.81. The van der Waals surface area contributed by atoms with E-state index >= 15 is 0 Å². The summed E-state index contributed by atoms with van der Waals surface area (Å²) < 4.78 is 110. The quantitative estimate of drug-likeness (QED) is 0.0714. The van der Waals surface area contributed by atoms with Gasteiger partial charge < -0.3 is 30.8 Å². The van der Waals surface area contributed by atoms with E-state index in [0.29, 0.717) is 0 Å². The Morgan fingerprint density at radius 3 is 1.22 bits per heavy atom. The summed E-state index contributed by atoms with van der Waals surface area (Å²) >= 11 is 0. The van der Waals surface area contributed by atoms with Crippen molar-refractivity contribution in [3.05, 3.63) is 16.7 Å². The first kappa shape index (κ1) is 35.9. The fourth-order valence-corrected chi connectivity index (χ4v) is 4.51. The lowest BCUT2D eigenvalue weighted by atomic mass is 9.99. The zero-order valence-electron chi connectivity index (χ0n) is 21.5. The lowest BCUT2D eigenvalue weighted by molar-refractivity contribution is 0.0686. The molecule has 230 valence electrons. The Labute approximate surface area is 237 Å². The average molecular weight is 643 g/mol. The molecule has 0 amide bonds. The minimum atomic E-state index is -4.38. The number of hydrogen-bond donors (Lipinski definition) is 6. The van der Waals surface area contributed by atoms with E-state index in [1.807, 2.05) is 0 Å². The summed E-state index contributed by atoms with van der Waals surface area (Å²) in [6.45, 7) is -1.70. The van der Waals surface area contributed by atoms with Crippen LogP contribution in [0.5, 0.6) is 17.2 Å². The molecular weight excluding hydrogens is 612 g/mol. The highest BCUT2D eigenvalue weighted by atomic mass is 32.2. The van der Waals surface area contributed by atoms with Crippen molar-refractivity contribution < 1.29 is 63.0 Å². The number of nitrogens with two attached hydrogens (primary N) is 2. The van der Waals surface area contributed by atoms with Gasteiger partial charge in [-0.05, 0) is 19.3 Å². The smallest absolute Gasteiger partial charge is 0.343 e. The van der Waals surface area contributed by atoms with E-state index < -0.39 is 83.9 Å². The van der Waals surface area contributed by atoms with Gasteiger partial charge in [0.05, 0.1) is 50.2 Å². The lowest BCUT2D eigenvalue weighted by Gasteiger charge is -2.21. The Kier molecular flexibility index (Phi) is 14.3. The van der Waals surface area contributed by atoms with Crippen molar-refractivity contribution in [3.8, 4) is 40.9 Å². The minimum absolute atomic E-state index is 0.218. The van der Waals surface area contributed by atoms with Crippen molar-refractivity contribution in [1.82, 2.24) is 0 Å². The van der Waals surface area contributed by atoms with Gasteiger partial charge in [0.2, 0.25) is 0 Å². The molecule has 19 heteroatoms. The third-order valence-corrected chi connectivity index (χ3v) is 7.00. The van der Waals surface area contributed by atoms with Gasteiger partial charge in [0.25, 0.3) is 30.4 Å². The van der Waals surface area contributed by atoms with Crippen LogP contribution in [0.1, 0.15) is 40.7 Å². The second-order valence-corrected chi connectivity index (χ2v) is 12.6. The first-order chi connectivity index (χ1) is 19.0. The molecule has 41 heavy (non-hydrogen) atoms. The fourth-order valence-electron chi connectivity index (χ4n) is 3.06. The third-order valence-electron chi connectivity index (χ3n) is 4.59. The molecule has 8 N–H and O–H groups in total. The highest BCUT2D eigenvalue weighted by Crippen LogP contribution is 2.43. The van der Waals surface area contributed by atoms with Crippen molar-refractivity contribution in [1.29, 1.82) is 0 Å². The molecule has 0 bridgehead atoms. The minimum Gasteiger partial charge on any atom is -0.491 e. The monoisotopic (exact) mass is 642 g/mol. The van der Waals surface area contributed by atoms with Crippen LogP contribution in [0.4, 0.5) is 0 Å². The maximum atomic E-state index is 12.4. The van der Waals surface area contributed by atoms with Gasteiger partial charge >= 0.3 is 5.97 Å². The molecule has 0 spiro atoms. The summed E-state index contributed by atoms with van der Waals surface area (Å²) in [5, 5.41) is 10.1. The Balaban J connectivity index is 3.89. The Hall–Kier alpha value is -3.14. The van der Waals surface area contributed by atoms with Crippen LogP contribution >= 0.6 is 0 Å². The van der Waals surface area contributed by atoms with Gasteiger partial charge in [-0.25, -0.2) is 4.79 Å². The molecule has 0 aliphatic heterocycles. The second-order valence-electron chi connectivity index (χ2n) is 7.89. The van der Waals surface area contributed by atoms with Gasteiger partial charge in [-0.3, -0.25) is 13.7 Å². The van der Waals surface area contributed by atoms with Crippen molar-refractivity contribution in [2.45, 2.75) is 19.3 Å². The number of ether oxygens (including phenoxy) is 3. The molecule has 0 unspecified atom stereocenters. The maximum absolute atomic E-state index is 12.4. The van der Waals surface area contributed by atoms with Crippen LogP contribution in [0, 0.1) is 23.7 Å². The Bertz CT molecular complexity index is 1440. The molecular formula is C22H30N2O14S3. The molecule has 0 atom stereocenters. The van der Waals surface area contributed by atoms with Gasteiger partial charge in [0, 0.05) is 0 Å². The van der Waals surface area contributed by atoms with Gasteiger partial charge in [-0.15, -0.1) is 0 Å². The molecule has 0 saturated carbocycles. The highest BCUT2D eigenvalue weighted by molar-refractivity contribution is 7.86. The fraction of sp³-hybridized carbons (Fsp3) is 0.500.